The molecule has 2 rings (SSSR count). The fourth-order valence-corrected chi connectivity index (χ4v) is 2.91. The van der Waals surface area contributed by atoms with Gasteiger partial charge in [0.05, 0.1) is 6.54 Å². The van der Waals surface area contributed by atoms with E-state index in [1.54, 1.807) is 6.07 Å². The Kier molecular flexibility index (Phi) is 5.59. The molecule has 20 heavy (non-hydrogen) atoms. The molecule has 0 radical (unpaired) electrons. The van der Waals surface area contributed by atoms with Crippen molar-refractivity contribution in [3.8, 4) is 0 Å². The molecule has 1 aliphatic heterocycles. The van der Waals surface area contributed by atoms with Gasteiger partial charge >= 0.3 is 0 Å². The van der Waals surface area contributed by atoms with E-state index in [2.05, 4.69) is 10.2 Å². The van der Waals surface area contributed by atoms with Crippen molar-refractivity contribution in [2.45, 2.75) is 37.3 Å². The van der Waals surface area contributed by atoms with Crippen LogP contribution in [-0.2, 0) is 16.6 Å². The molecule has 0 atom stereocenters. The highest BCUT2D eigenvalue weighted by molar-refractivity contribution is 7.89. The van der Waals surface area contributed by atoms with Gasteiger partial charge in [-0.15, -0.1) is 0 Å². The van der Waals surface area contributed by atoms with Crippen molar-refractivity contribution in [3.63, 3.8) is 0 Å². The van der Waals surface area contributed by atoms with Gasteiger partial charge in [-0.05, 0) is 57.6 Å². The number of piperidine rings is 1. The summed E-state index contributed by atoms with van der Waals surface area (Å²) < 4.78 is 27.3. The molecule has 6 nitrogen and oxygen atoms in total. The molecule has 0 saturated carbocycles. The highest BCUT2D eigenvalue weighted by atomic mass is 32.2. The van der Waals surface area contributed by atoms with Crippen LogP contribution >= 0.6 is 0 Å². The Morgan fingerprint density at radius 3 is 2.65 bits per heavy atom. The van der Waals surface area contributed by atoms with Crippen molar-refractivity contribution in [2.24, 2.45) is 5.14 Å². The van der Waals surface area contributed by atoms with Gasteiger partial charge in [0.1, 0.15) is 5.76 Å². The number of primary sulfonamides is 1. The fourth-order valence-electron chi connectivity index (χ4n) is 2.43. The molecule has 7 heteroatoms. The summed E-state index contributed by atoms with van der Waals surface area (Å²) in [6.45, 7) is 4.97. The van der Waals surface area contributed by atoms with Crippen LogP contribution in [0.25, 0.3) is 0 Å². The first-order valence-electron chi connectivity index (χ1n) is 7.10. The van der Waals surface area contributed by atoms with Crippen molar-refractivity contribution in [1.82, 2.24) is 10.2 Å². The monoisotopic (exact) mass is 301 g/mol. The summed E-state index contributed by atoms with van der Waals surface area (Å²) in [6.07, 6.45) is 5.08. The van der Waals surface area contributed by atoms with Gasteiger partial charge in [0.2, 0.25) is 5.09 Å². The normalized spacial score (nSPS) is 17.4. The zero-order chi connectivity index (χ0) is 14.4. The summed E-state index contributed by atoms with van der Waals surface area (Å²) in [5, 5.41) is 8.05. The third kappa shape index (κ3) is 4.90. The highest BCUT2D eigenvalue weighted by Crippen LogP contribution is 2.12. The van der Waals surface area contributed by atoms with Crippen LogP contribution in [0.3, 0.4) is 0 Å². The molecule has 3 N–H and O–H groups in total. The maximum Gasteiger partial charge on any atom is 0.271 e. The summed E-state index contributed by atoms with van der Waals surface area (Å²) in [6, 6.07) is 3.03. The van der Waals surface area contributed by atoms with Crippen molar-refractivity contribution < 1.29 is 12.8 Å². The molecular formula is C13H23N3O3S. The van der Waals surface area contributed by atoms with E-state index >= 15 is 0 Å². The number of nitrogens with one attached hydrogen (secondary N) is 1. The predicted octanol–water partition coefficient (Wildman–Crippen LogP) is 0.893. The predicted molar refractivity (Wildman–Crippen MR) is 76.7 cm³/mol. The average Bonchev–Trinajstić information content (AvgIpc) is 2.88. The summed E-state index contributed by atoms with van der Waals surface area (Å²) in [4.78, 5) is 2.50. The molecule has 114 valence electrons. The fraction of sp³-hybridized carbons (Fsp3) is 0.692. The van der Waals surface area contributed by atoms with Crippen LogP contribution in [0.2, 0.25) is 0 Å². The first-order valence-corrected chi connectivity index (χ1v) is 8.65. The van der Waals surface area contributed by atoms with Gasteiger partial charge in [-0.3, -0.25) is 0 Å². The number of nitrogens with two attached hydrogens (primary N) is 1. The van der Waals surface area contributed by atoms with Gasteiger partial charge in [-0.2, -0.15) is 0 Å². The van der Waals surface area contributed by atoms with Crippen LogP contribution in [0.15, 0.2) is 21.6 Å². The Morgan fingerprint density at radius 1 is 1.25 bits per heavy atom. The van der Waals surface area contributed by atoms with Gasteiger partial charge in [0.25, 0.3) is 10.0 Å². The molecule has 2 heterocycles. The number of hydrogen-bond donors (Lipinski definition) is 2. The maximum absolute atomic E-state index is 11.1. The van der Waals surface area contributed by atoms with Crippen LogP contribution < -0.4 is 10.5 Å². The lowest BCUT2D eigenvalue weighted by atomic mass is 10.1. The molecule has 1 aliphatic rings. The molecule has 1 aromatic rings. The minimum atomic E-state index is -3.73. The number of hydrogen-bond acceptors (Lipinski definition) is 5. The number of likely N-dealkylation sites (tertiary alicyclic amines) is 1. The Hall–Kier alpha value is -0.890. The minimum absolute atomic E-state index is 0.178. The second-order valence-corrected chi connectivity index (χ2v) is 6.69. The first-order chi connectivity index (χ1) is 9.55. The highest BCUT2D eigenvalue weighted by Gasteiger charge is 2.13. The Labute approximate surface area is 120 Å². The summed E-state index contributed by atoms with van der Waals surface area (Å²) in [7, 11) is -3.73. The number of nitrogens with zero attached hydrogens (tertiary/aromatic N) is 1. The van der Waals surface area contributed by atoms with E-state index in [9.17, 15) is 8.42 Å². The van der Waals surface area contributed by atoms with Gasteiger partial charge in [0, 0.05) is 0 Å². The molecule has 0 aliphatic carbocycles. The zero-order valence-corrected chi connectivity index (χ0v) is 12.5. The summed E-state index contributed by atoms with van der Waals surface area (Å²) in [5.41, 5.74) is 0. The molecule has 0 aromatic carbocycles. The van der Waals surface area contributed by atoms with E-state index in [0.717, 1.165) is 19.5 Å². The number of furan rings is 1. The van der Waals surface area contributed by atoms with Crippen LogP contribution in [0, 0.1) is 0 Å². The van der Waals surface area contributed by atoms with Crippen LogP contribution in [0.1, 0.15) is 31.4 Å². The van der Waals surface area contributed by atoms with Gasteiger partial charge in [-0.1, -0.05) is 6.42 Å². The quantitative estimate of drug-likeness (QED) is 0.730. The SMILES string of the molecule is NS(=O)(=O)c1ccc(CNCCCN2CCCCC2)o1. The Morgan fingerprint density at radius 2 is 2.00 bits per heavy atom. The van der Waals surface area contributed by atoms with Gasteiger partial charge in [-0.25, -0.2) is 13.6 Å². The summed E-state index contributed by atoms with van der Waals surface area (Å²) in [5.74, 6) is 0.590. The van der Waals surface area contributed by atoms with Gasteiger partial charge < -0.3 is 14.6 Å². The van der Waals surface area contributed by atoms with E-state index in [0.29, 0.717) is 12.3 Å². The molecule has 0 bridgehead atoms. The summed E-state index contributed by atoms with van der Waals surface area (Å²) >= 11 is 0. The third-order valence-corrected chi connectivity index (χ3v) is 4.27. The topological polar surface area (TPSA) is 88.6 Å². The lowest BCUT2D eigenvalue weighted by Crippen LogP contribution is -2.32. The Balaban J connectivity index is 1.62. The maximum atomic E-state index is 11.1. The molecule has 1 fully saturated rings. The van der Waals surface area contributed by atoms with Crippen LogP contribution in [0.5, 0.6) is 0 Å². The molecule has 0 amide bonds. The van der Waals surface area contributed by atoms with Crippen molar-refractivity contribution in [2.75, 3.05) is 26.2 Å². The molecule has 0 spiro atoms. The van der Waals surface area contributed by atoms with Crippen LogP contribution in [-0.4, -0.2) is 39.5 Å². The first kappa shape index (κ1) is 15.5. The minimum Gasteiger partial charge on any atom is -0.447 e. The van der Waals surface area contributed by atoms with E-state index < -0.39 is 10.0 Å². The molecule has 1 saturated heterocycles. The molecule has 0 unspecified atom stereocenters. The standard InChI is InChI=1S/C13H23N3O3S/c14-20(17,18)13-6-5-12(19-13)11-15-7-4-10-16-8-2-1-3-9-16/h5-6,15H,1-4,7-11H2,(H2,14,17,18). The van der Waals surface area contributed by atoms with E-state index in [-0.39, 0.29) is 5.09 Å². The zero-order valence-electron chi connectivity index (χ0n) is 11.7. The molecule has 1 aromatic heterocycles. The smallest absolute Gasteiger partial charge is 0.271 e. The van der Waals surface area contributed by atoms with Crippen LogP contribution in [0.4, 0.5) is 0 Å². The molecular weight excluding hydrogens is 278 g/mol. The van der Waals surface area contributed by atoms with Crippen molar-refractivity contribution in [3.05, 3.63) is 17.9 Å². The Bertz CT molecular complexity index is 507. The van der Waals surface area contributed by atoms with Crippen molar-refractivity contribution >= 4 is 10.0 Å². The second-order valence-electron chi connectivity index (χ2n) is 5.20. The third-order valence-electron chi connectivity index (χ3n) is 3.49. The lowest BCUT2D eigenvalue weighted by molar-refractivity contribution is 0.225. The largest absolute Gasteiger partial charge is 0.447 e. The number of rotatable bonds is 7. The number of sulfonamides is 1. The van der Waals surface area contributed by atoms with E-state index in [1.165, 1.54) is 38.4 Å². The van der Waals surface area contributed by atoms with E-state index in [1.807, 2.05) is 0 Å². The second kappa shape index (κ2) is 7.21. The van der Waals surface area contributed by atoms with Gasteiger partial charge in [0.15, 0.2) is 0 Å². The van der Waals surface area contributed by atoms with E-state index in [4.69, 9.17) is 9.56 Å². The van der Waals surface area contributed by atoms with Crippen molar-refractivity contribution in [1.29, 1.82) is 0 Å². The lowest BCUT2D eigenvalue weighted by Gasteiger charge is -2.26. The average molecular weight is 301 g/mol.